The van der Waals surface area contributed by atoms with Crippen molar-refractivity contribution in [2.24, 2.45) is 0 Å². The van der Waals surface area contributed by atoms with Crippen LogP contribution in [0.25, 0.3) is 0 Å². The Morgan fingerprint density at radius 1 is 0.632 bits per heavy atom. The highest BCUT2D eigenvalue weighted by molar-refractivity contribution is 4.72. The Morgan fingerprint density at radius 3 is 1.47 bits per heavy atom. The van der Waals surface area contributed by atoms with E-state index in [0.717, 1.165) is 0 Å². The van der Waals surface area contributed by atoms with Crippen LogP contribution in [-0.4, -0.2) is 7.11 Å². The van der Waals surface area contributed by atoms with Crippen molar-refractivity contribution >= 4 is 0 Å². The summed E-state index contributed by atoms with van der Waals surface area (Å²) in [5.74, 6) is 0. The maximum Gasteiger partial charge on any atom is 0.0784 e. The molecule has 0 amide bonds. The van der Waals surface area contributed by atoms with E-state index in [4.69, 9.17) is 4.74 Å². The average molecular weight is 268 g/mol. The summed E-state index contributed by atoms with van der Waals surface area (Å²) < 4.78 is 4.87. The van der Waals surface area contributed by atoms with Gasteiger partial charge in [0, 0.05) is 0 Å². The molecule has 0 aliphatic carbocycles. The van der Waals surface area contributed by atoms with E-state index in [1.165, 1.54) is 89.9 Å². The summed E-state index contributed by atoms with van der Waals surface area (Å²) in [7, 11) is 1.71. The summed E-state index contributed by atoms with van der Waals surface area (Å²) in [6, 6.07) is 0. The fraction of sp³-hybridized carbons (Fsp3) is 0.889. The van der Waals surface area contributed by atoms with Crippen LogP contribution in [0, 0.1) is 0 Å². The molecule has 0 saturated carbocycles. The Kier molecular flexibility index (Phi) is 17.1. The van der Waals surface area contributed by atoms with Gasteiger partial charge in [-0.15, -0.1) is 0 Å². The van der Waals surface area contributed by atoms with Crippen LogP contribution in [0.4, 0.5) is 0 Å². The molecule has 19 heavy (non-hydrogen) atoms. The molecule has 114 valence electrons. The molecule has 0 fully saturated rings. The third kappa shape index (κ3) is 17.5. The maximum absolute atomic E-state index is 4.87. The summed E-state index contributed by atoms with van der Waals surface area (Å²) in [5, 5.41) is 0. The van der Waals surface area contributed by atoms with Gasteiger partial charge in [0.2, 0.25) is 0 Å². The minimum atomic E-state index is 1.17. The number of unbranched alkanes of at least 4 members (excludes halogenated alkanes) is 13. The quantitative estimate of drug-likeness (QED) is 0.239. The highest BCUT2D eigenvalue weighted by Crippen LogP contribution is 2.12. The first-order valence-electron chi connectivity index (χ1n) is 8.59. The first-order valence-corrected chi connectivity index (χ1v) is 8.59. The number of ether oxygens (including phenoxy) is 1. The van der Waals surface area contributed by atoms with Crippen LogP contribution in [0.5, 0.6) is 0 Å². The third-order valence-corrected chi connectivity index (χ3v) is 3.71. The molecule has 0 aromatic heterocycles. The topological polar surface area (TPSA) is 9.23 Å². The van der Waals surface area contributed by atoms with Gasteiger partial charge in [-0.05, 0) is 18.9 Å². The molecule has 0 atom stereocenters. The van der Waals surface area contributed by atoms with Crippen LogP contribution in [-0.2, 0) is 4.74 Å². The molecule has 0 spiro atoms. The lowest BCUT2D eigenvalue weighted by Crippen LogP contribution is -1.82. The van der Waals surface area contributed by atoms with Gasteiger partial charge in [0.15, 0.2) is 0 Å². The lowest BCUT2D eigenvalue weighted by atomic mass is 10.0. The van der Waals surface area contributed by atoms with Crippen molar-refractivity contribution in [2.75, 3.05) is 7.11 Å². The van der Waals surface area contributed by atoms with Gasteiger partial charge in [-0.3, -0.25) is 0 Å². The second kappa shape index (κ2) is 17.5. The molecule has 1 nitrogen and oxygen atoms in total. The second-order valence-corrected chi connectivity index (χ2v) is 5.64. The predicted octanol–water partition coefficient (Wildman–Crippen LogP) is 6.63. The Balaban J connectivity index is 2.93. The van der Waals surface area contributed by atoms with Crippen LogP contribution in [0.1, 0.15) is 96.8 Å². The van der Waals surface area contributed by atoms with E-state index in [-0.39, 0.29) is 0 Å². The monoisotopic (exact) mass is 268 g/mol. The largest absolute Gasteiger partial charge is 0.505 e. The molecule has 0 rings (SSSR count). The molecule has 1 heteroatoms. The summed E-state index contributed by atoms with van der Waals surface area (Å²) in [4.78, 5) is 0. The SMILES string of the molecule is CCCCCCCCCCCCCCC/C=C\OC. The molecule has 0 unspecified atom stereocenters. The second-order valence-electron chi connectivity index (χ2n) is 5.64. The van der Waals surface area contributed by atoms with Crippen molar-refractivity contribution in [1.29, 1.82) is 0 Å². The molecule has 0 radical (unpaired) electrons. The smallest absolute Gasteiger partial charge is 0.0784 e. The molecular formula is C18H36O. The van der Waals surface area contributed by atoms with Gasteiger partial charge >= 0.3 is 0 Å². The Hall–Kier alpha value is -0.460. The van der Waals surface area contributed by atoms with E-state index in [0.29, 0.717) is 0 Å². The summed E-state index contributed by atoms with van der Waals surface area (Å²) in [6.45, 7) is 2.29. The Labute approximate surface area is 121 Å². The molecular weight excluding hydrogens is 232 g/mol. The highest BCUT2D eigenvalue weighted by Gasteiger charge is 1.93. The van der Waals surface area contributed by atoms with E-state index in [1.54, 1.807) is 13.4 Å². The lowest BCUT2D eigenvalue weighted by Gasteiger charge is -2.02. The minimum absolute atomic E-state index is 1.17. The van der Waals surface area contributed by atoms with Crippen molar-refractivity contribution < 1.29 is 4.74 Å². The van der Waals surface area contributed by atoms with Crippen LogP contribution in [0.3, 0.4) is 0 Å². The summed E-state index contributed by atoms with van der Waals surface area (Å²) in [6.07, 6.45) is 23.6. The van der Waals surface area contributed by atoms with Crippen LogP contribution in [0.15, 0.2) is 12.3 Å². The molecule has 0 aliphatic heterocycles. The Morgan fingerprint density at radius 2 is 1.05 bits per heavy atom. The Bertz CT molecular complexity index is 175. The lowest BCUT2D eigenvalue weighted by molar-refractivity contribution is 0.336. The normalized spacial score (nSPS) is 11.3. The van der Waals surface area contributed by atoms with Crippen molar-refractivity contribution in [3.8, 4) is 0 Å². The van der Waals surface area contributed by atoms with E-state index < -0.39 is 0 Å². The number of allylic oxidation sites excluding steroid dienone is 1. The molecule has 0 aromatic carbocycles. The first kappa shape index (κ1) is 18.5. The third-order valence-electron chi connectivity index (χ3n) is 3.71. The minimum Gasteiger partial charge on any atom is -0.505 e. The van der Waals surface area contributed by atoms with E-state index in [9.17, 15) is 0 Å². The average Bonchev–Trinajstić information content (AvgIpc) is 2.43. The highest BCUT2D eigenvalue weighted by atomic mass is 16.5. The van der Waals surface area contributed by atoms with Crippen molar-refractivity contribution in [2.45, 2.75) is 96.8 Å². The number of hydrogen-bond acceptors (Lipinski definition) is 1. The number of hydrogen-bond donors (Lipinski definition) is 0. The molecule has 0 saturated heterocycles. The zero-order valence-electron chi connectivity index (χ0n) is 13.5. The van der Waals surface area contributed by atoms with Gasteiger partial charge in [0.25, 0.3) is 0 Å². The number of methoxy groups -OCH3 is 1. The van der Waals surface area contributed by atoms with Gasteiger partial charge in [-0.2, -0.15) is 0 Å². The molecule has 0 bridgehead atoms. The van der Waals surface area contributed by atoms with Gasteiger partial charge in [-0.25, -0.2) is 0 Å². The first-order chi connectivity index (χ1) is 9.41. The van der Waals surface area contributed by atoms with Gasteiger partial charge in [0.05, 0.1) is 13.4 Å². The standard InChI is InChI=1S/C18H36O/c1-3-4-5-6-7-8-9-10-11-12-13-14-15-16-17-18-19-2/h17-18H,3-16H2,1-2H3/b18-17-. The molecule has 0 N–H and O–H groups in total. The zero-order valence-corrected chi connectivity index (χ0v) is 13.5. The van der Waals surface area contributed by atoms with Crippen LogP contribution >= 0.6 is 0 Å². The summed E-state index contributed by atoms with van der Waals surface area (Å²) in [5.41, 5.74) is 0. The van der Waals surface area contributed by atoms with Gasteiger partial charge in [0.1, 0.15) is 0 Å². The van der Waals surface area contributed by atoms with Crippen LogP contribution in [0.2, 0.25) is 0 Å². The maximum atomic E-state index is 4.87. The number of rotatable bonds is 15. The van der Waals surface area contributed by atoms with E-state index in [1.807, 2.05) is 0 Å². The van der Waals surface area contributed by atoms with E-state index in [2.05, 4.69) is 13.0 Å². The van der Waals surface area contributed by atoms with Crippen molar-refractivity contribution in [3.05, 3.63) is 12.3 Å². The molecule has 0 heterocycles. The van der Waals surface area contributed by atoms with Crippen LogP contribution < -0.4 is 0 Å². The zero-order chi connectivity index (χ0) is 14.0. The van der Waals surface area contributed by atoms with Crippen molar-refractivity contribution in [3.63, 3.8) is 0 Å². The van der Waals surface area contributed by atoms with E-state index >= 15 is 0 Å². The molecule has 0 aromatic rings. The fourth-order valence-corrected chi connectivity index (χ4v) is 2.44. The fourth-order valence-electron chi connectivity index (χ4n) is 2.44. The van der Waals surface area contributed by atoms with Crippen molar-refractivity contribution in [1.82, 2.24) is 0 Å². The van der Waals surface area contributed by atoms with Gasteiger partial charge < -0.3 is 4.74 Å². The predicted molar refractivity (Wildman–Crippen MR) is 86.5 cm³/mol. The van der Waals surface area contributed by atoms with Gasteiger partial charge in [-0.1, -0.05) is 84.0 Å². The summed E-state index contributed by atoms with van der Waals surface area (Å²) >= 11 is 0. The molecule has 0 aliphatic rings.